The Kier molecular flexibility index (Phi) is 5.20. The summed E-state index contributed by atoms with van der Waals surface area (Å²) in [5.41, 5.74) is 1.10. The minimum absolute atomic E-state index is 0.409. The van der Waals surface area contributed by atoms with Crippen molar-refractivity contribution in [3.05, 3.63) is 30.3 Å². The van der Waals surface area contributed by atoms with Gasteiger partial charge < -0.3 is 5.32 Å². The summed E-state index contributed by atoms with van der Waals surface area (Å²) >= 11 is 0. The smallest absolute Gasteiger partial charge is 0.385 e. The normalized spacial score (nSPS) is 11.1. The van der Waals surface area contributed by atoms with Crippen LogP contribution in [-0.4, -0.2) is 17.6 Å². The van der Waals surface area contributed by atoms with E-state index in [9.17, 15) is 4.57 Å². The van der Waals surface area contributed by atoms with Gasteiger partial charge in [0, 0.05) is 12.2 Å². The van der Waals surface area contributed by atoms with Crippen LogP contribution in [0.1, 0.15) is 12.8 Å². The molecule has 0 aliphatic heterocycles. The van der Waals surface area contributed by atoms with Gasteiger partial charge in [-0.25, -0.2) is 0 Å². The van der Waals surface area contributed by atoms with E-state index < -0.39 is 8.03 Å². The Morgan fingerprint density at radius 1 is 1.21 bits per heavy atom. The zero-order chi connectivity index (χ0) is 10.2. The highest BCUT2D eigenvalue weighted by Gasteiger charge is 2.07. The molecule has 1 rings (SSSR count). The van der Waals surface area contributed by atoms with Crippen LogP contribution in [0.3, 0.4) is 0 Å². The Labute approximate surface area is 85.0 Å². The quantitative estimate of drug-likeness (QED) is 0.563. The van der Waals surface area contributed by atoms with Crippen LogP contribution in [0.15, 0.2) is 30.3 Å². The molecule has 0 saturated carbocycles. The van der Waals surface area contributed by atoms with Crippen LogP contribution in [0.4, 0.5) is 5.69 Å². The summed E-state index contributed by atoms with van der Waals surface area (Å²) in [5, 5.41) is 3.24. The highest BCUT2D eigenvalue weighted by molar-refractivity contribution is 7.37. The maximum Gasteiger partial charge on any atom is 0.505 e. The topological polar surface area (TPSA) is 49.3 Å². The maximum atomic E-state index is 10.4. The molecule has 0 aliphatic carbocycles. The summed E-state index contributed by atoms with van der Waals surface area (Å²) in [7, 11) is -1.95. The fourth-order valence-corrected chi connectivity index (χ4v) is 1.65. The molecular formula is C10H15NO2P+. The first-order chi connectivity index (χ1) is 6.79. The molecule has 0 aliphatic rings. The number of rotatable bonds is 6. The molecule has 0 amide bonds. The van der Waals surface area contributed by atoms with E-state index in [1.54, 1.807) is 0 Å². The third-order valence-corrected chi connectivity index (χ3v) is 2.58. The second-order valence-corrected chi connectivity index (χ2v) is 4.23. The van der Waals surface area contributed by atoms with Gasteiger partial charge >= 0.3 is 8.03 Å². The zero-order valence-electron chi connectivity index (χ0n) is 8.02. The van der Waals surface area contributed by atoms with E-state index in [1.165, 1.54) is 0 Å². The number of unbranched alkanes of at least 4 members (excludes halogenated alkanes) is 1. The third-order valence-electron chi connectivity index (χ3n) is 1.88. The summed E-state index contributed by atoms with van der Waals surface area (Å²) in [6.07, 6.45) is 2.13. The van der Waals surface area contributed by atoms with Crippen molar-refractivity contribution in [1.29, 1.82) is 0 Å². The number of nitrogens with one attached hydrogen (secondary N) is 1. The van der Waals surface area contributed by atoms with Crippen molar-refractivity contribution in [3.8, 4) is 0 Å². The van der Waals surface area contributed by atoms with Crippen LogP contribution < -0.4 is 5.32 Å². The van der Waals surface area contributed by atoms with E-state index in [2.05, 4.69) is 5.32 Å². The minimum Gasteiger partial charge on any atom is -0.385 e. The summed E-state index contributed by atoms with van der Waals surface area (Å²) in [5.74, 6) is 0. The SMILES string of the molecule is O=[P+](O)CCCCNc1ccccc1. The molecule has 0 fully saturated rings. The van der Waals surface area contributed by atoms with Gasteiger partial charge in [0.1, 0.15) is 0 Å². The Balaban J connectivity index is 2.08. The van der Waals surface area contributed by atoms with Gasteiger partial charge in [-0.05, 0) is 29.5 Å². The minimum atomic E-state index is -1.95. The predicted octanol–water partition coefficient (Wildman–Crippen LogP) is 2.61. The van der Waals surface area contributed by atoms with E-state index >= 15 is 0 Å². The first-order valence-electron chi connectivity index (χ1n) is 4.71. The first-order valence-corrected chi connectivity index (χ1v) is 6.11. The lowest BCUT2D eigenvalue weighted by Gasteiger charge is -2.03. The monoisotopic (exact) mass is 212 g/mol. The molecule has 1 atom stereocenters. The average Bonchev–Trinajstić information content (AvgIpc) is 2.18. The molecule has 76 valence electrons. The van der Waals surface area contributed by atoms with Gasteiger partial charge in [0.05, 0.1) is 0 Å². The van der Waals surface area contributed by atoms with E-state index in [1.807, 2.05) is 30.3 Å². The fraction of sp³-hybridized carbons (Fsp3) is 0.400. The Hall–Kier alpha value is -0.920. The first kappa shape index (κ1) is 11.2. The van der Waals surface area contributed by atoms with E-state index in [4.69, 9.17) is 4.89 Å². The Bertz CT molecular complexity index is 277. The number of para-hydroxylation sites is 1. The van der Waals surface area contributed by atoms with Crippen LogP contribution in [0.2, 0.25) is 0 Å². The van der Waals surface area contributed by atoms with Crippen LogP contribution in [0.5, 0.6) is 0 Å². The van der Waals surface area contributed by atoms with Crippen LogP contribution >= 0.6 is 8.03 Å². The number of benzene rings is 1. The standard InChI is InChI=1S/C10H14NO2P/c12-14(13)9-5-4-8-11-10-6-2-1-3-7-10/h1-3,6-7,11H,4-5,8-9H2/p+1. The van der Waals surface area contributed by atoms with Crippen molar-refractivity contribution in [2.24, 2.45) is 0 Å². The fourth-order valence-electron chi connectivity index (χ4n) is 1.16. The highest BCUT2D eigenvalue weighted by Crippen LogP contribution is 2.14. The van der Waals surface area contributed by atoms with Gasteiger partial charge in [0.15, 0.2) is 6.16 Å². The van der Waals surface area contributed by atoms with Crippen molar-refractivity contribution in [3.63, 3.8) is 0 Å². The molecule has 0 saturated heterocycles. The van der Waals surface area contributed by atoms with Crippen LogP contribution in [-0.2, 0) is 4.57 Å². The van der Waals surface area contributed by atoms with E-state index in [0.717, 1.165) is 25.1 Å². The van der Waals surface area contributed by atoms with Gasteiger partial charge in [0.2, 0.25) is 0 Å². The number of hydrogen-bond acceptors (Lipinski definition) is 2. The average molecular weight is 212 g/mol. The van der Waals surface area contributed by atoms with Crippen molar-refractivity contribution >= 4 is 13.7 Å². The Morgan fingerprint density at radius 3 is 2.57 bits per heavy atom. The summed E-state index contributed by atoms with van der Waals surface area (Å²) in [4.78, 5) is 8.56. The van der Waals surface area contributed by atoms with Gasteiger partial charge in [-0.15, -0.1) is 0 Å². The van der Waals surface area contributed by atoms with Gasteiger partial charge in [-0.2, -0.15) is 4.89 Å². The highest BCUT2D eigenvalue weighted by atomic mass is 31.1. The second kappa shape index (κ2) is 6.52. The predicted molar refractivity (Wildman–Crippen MR) is 58.9 cm³/mol. The van der Waals surface area contributed by atoms with Crippen molar-refractivity contribution in [2.45, 2.75) is 12.8 Å². The molecule has 1 aromatic rings. The second-order valence-electron chi connectivity index (χ2n) is 3.08. The van der Waals surface area contributed by atoms with Gasteiger partial charge in [-0.1, -0.05) is 18.2 Å². The number of anilines is 1. The number of hydrogen-bond donors (Lipinski definition) is 2. The summed E-state index contributed by atoms with van der Waals surface area (Å²) in [6.45, 7) is 0.854. The zero-order valence-corrected chi connectivity index (χ0v) is 8.91. The molecule has 1 unspecified atom stereocenters. The molecule has 0 bridgehead atoms. The summed E-state index contributed by atoms with van der Waals surface area (Å²) in [6, 6.07) is 9.94. The lowest BCUT2D eigenvalue weighted by molar-refractivity contribution is 0.500. The van der Waals surface area contributed by atoms with Crippen molar-refractivity contribution in [2.75, 3.05) is 18.0 Å². The summed E-state index contributed by atoms with van der Waals surface area (Å²) < 4.78 is 10.4. The van der Waals surface area contributed by atoms with Crippen molar-refractivity contribution < 1.29 is 9.46 Å². The molecular weight excluding hydrogens is 197 g/mol. The van der Waals surface area contributed by atoms with Crippen LogP contribution in [0, 0.1) is 0 Å². The lowest BCUT2D eigenvalue weighted by Crippen LogP contribution is -2.01. The Morgan fingerprint density at radius 2 is 1.93 bits per heavy atom. The lowest BCUT2D eigenvalue weighted by atomic mass is 10.3. The van der Waals surface area contributed by atoms with E-state index in [-0.39, 0.29) is 0 Å². The molecule has 4 heteroatoms. The maximum absolute atomic E-state index is 10.4. The van der Waals surface area contributed by atoms with E-state index in [0.29, 0.717) is 6.16 Å². The molecule has 0 spiro atoms. The van der Waals surface area contributed by atoms with Crippen LogP contribution in [0.25, 0.3) is 0 Å². The largest absolute Gasteiger partial charge is 0.505 e. The van der Waals surface area contributed by atoms with Gasteiger partial charge in [-0.3, -0.25) is 0 Å². The molecule has 3 nitrogen and oxygen atoms in total. The molecule has 1 aromatic carbocycles. The van der Waals surface area contributed by atoms with Gasteiger partial charge in [0.25, 0.3) is 0 Å². The van der Waals surface area contributed by atoms with Crippen molar-refractivity contribution in [1.82, 2.24) is 0 Å². The molecule has 0 heterocycles. The third kappa shape index (κ3) is 4.95. The molecule has 0 aromatic heterocycles. The molecule has 0 radical (unpaired) electrons. The molecule has 14 heavy (non-hydrogen) atoms. The molecule has 2 N–H and O–H groups in total.